The van der Waals surface area contributed by atoms with E-state index < -0.39 is 6.03 Å². The minimum Gasteiger partial charge on any atom is -0.491 e. The van der Waals surface area contributed by atoms with E-state index in [4.69, 9.17) is 14.5 Å². The average Bonchev–Trinajstić information content (AvgIpc) is 2.84. The highest BCUT2D eigenvalue weighted by Gasteiger charge is 2.18. The third kappa shape index (κ3) is 5.45. The van der Waals surface area contributed by atoms with Crippen molar-refractivity contribution in [1.82, 2.24) is 14.7 Å². The molecule has 0 atom stereocenters. The van der Waals surface area contributed by atoms with Crippen molar-refractivity contribution in [2.24, 2.45) is 0 Å². The second kappa shape index (κ2) is 10.3. The van der Waals surface area contributed by atoms with Crippen LogP contribution in [0.1, 0.15) is 0 Å². The van der Waals surface area contributed by atoms with Gasteiger partial charge >= 0.3 is 6.03 Å². The second-order valence-electron chi connectivity index (χ2n) is 6.87. The first-order valence-electron chi connectivity index (χ1n) is 9.96. The molecule has 0 unspecified atom stereocenters. The van der Waals surface area contributed by atoms with Gasteiger partial charge in [-0.05, 0) is 48.3 Å². The van der Waals surface area contributed by atoms with Crippen LogP contribution in [0.15, 0.2) is 59.6 Å². The molecule has 0 aliphatic carbocycles. The molecule has 0 saturated carbocycles. The molecule has 0 bridgehead atoms. The molecule has 2 aromatic carbocycles. The molecule has 32 heavy (non-hydrogen) atoms. The highest BCUT2D eigenvalue weighted by Crippen LogP contribution is 2.29. The van der Waals surface area contributed by atoms with Crippen molar-refractivity contribution in [3.63, 3.8) is 0 Å². The number of methoxy groups -OCH3 is 1. The maximum atomic E-state index is 12.9. The maximum Gasteiger partial charge on any atom is 0.329 e. The third-order valence-corrected chi connectivity index (χ3v) is 5.54. The lowest BCUT2D eigenvalue weighted by atomic mass is 10.2. The Morgan fingerprint density at radius 2 is 1.84 bits per heavy atom. The van der Waals surface area contributed by atoms with E-state index in [9.17, 15) is 9.18 Å². The van der Waals surface area contributed by atoms with E-state index in [1.807, 2.05) is 24.3 Å². The van der Waals surface area contributed by atoms with Gasteiger partial charge in [0.1, 0.15) is 5.82 Å². The van der Waals surface area contributed by atoms with Crippen LogP contribution in [-0.4, -0.2) is 49.4 Å². The predicted octanol–water partition coefficient (Wildman–Crippen LogP) is 3.96. The van der Waals surface area contributed by atoms with Crippen molar-refractivity contribution in [3.8, 4) is 17.1 Å². The molecule has 2 heterocycles. The molecule has 2 amide bonds. The zero-order valence-corrected chi connectivity index (χ0v) is 18.2. The summed E-state index contributed by atoms with van der Waals surface area (Å²) in [5.74, 6) is 1.60. The first kappa shape index (κ1) is 21.8. The number of benzene rings is 2. The fraction of sp³-hybridized carbons (Fsp3) is 0.227. The third-order valence-electron chi connectivity index (χ3n) is 4.74. The number of carbonyl (C=O) groups excluding carboxylic acids is 1. The number of halogens is 1. The van der Waals surface area contributed by atoms with Gasteiger partial charge in [-0.1, -0.05) is 12.1 Å². The minimum atomic E-state index is -0.403. The maximum absolute atomic E-state index is 12.9. The summed E-state index contributed by atoms with van der Waals surface area (Å²) in [6.45, 7) is 2.79. The van der Waals surface area contributed by atoms with Crippen molar-refractivity contribution in [2.75, 3.05) is 43.6 Å². The van der Waals surface area contributed by atoms with Crippen molar-refractivity contribution in [2.45, 2.75) is 4.90 Å². The molecular formula is C22H22FN5O3S. The fourth-order valence-corrected chi connectivity index (χ4v) is 3.65. The van der Waals surface area contributed by atoms with E-state index in [2.05, 4.69) is 19.9 Å². The number of urea groups is 1. The highest BCUT2D eigenvalue weighted by molar-refractivity contribution is 7.98. The Bertz CT molecular complexity index is 1060. The van der Waals surface area contributed by atoms with Crippen LogP contribution in [0.4, 0.5) is 20.7 Å². The van der Waals surface area contributed by atoms with Gasteiger partial charge in [-0.3, -0.25) is 4.72 Å². The van der Waals surface area contributed by atoms with Gasteiger partial charge in [-0.25, -0.2) is 19.2 Å². The second-order valence-corrected chi connectivity index (χ2v) is 7.75. The monoisotopic (exact) mass is 455 g/mol. The molecule has 166 valence electrons. The molecule has 3 aromatic rings. The molecule has 1 fully saturated rings. The predicted molar refractivity (Wildman–Crippen MR) is 121 cm³/mol. The number of morpholine rings is 1. The number of nitrogens with zero attached hydrogens (tertiary/aromatic N) is 3. The number of nitrogens with one attached hydrogen (secondary N) is 2. The summed E-state index contributed by atoms with van der Waals surface area (Å²) in [4.78, 5) is 24.1. The SMILES string of the molecule is COc1cnc(-c2ccc(SNC(=O)Nc3ccc(F)cc3)cc2)nc1N1CCOCC1. The Labute approximate surface area is 189 Å². The number of amides is 2. The van der Waals surface area contributed by atoms with E-state index in [0.717, 1.165) is 29.4 Å². The number of ether oxygens (including phenoxy) is 2. The molecule has 1 saturated heterocycles. The van der Waals surface area contributed by atoms with Crippen molar-refractivity contribution < 1.29 is 18.7 Å². The van der Waals surface area contributed by atoms with Gasteiger partial charge in [0, 0.05) is 29.2 Å². The van der Waals surface area contributed by atoms with Crippen LogP contribution in [0.2, 0.25) is 0 Å². The van der Waals surface area contributed by atoms with Crippen molar-refractivity contribution in [3.05, 3.63) is 60.5 Å². The first-order chi connectivity index (χ1) is 15.6. The van der Waals surface area contributed by atoms with Gasteiger partial charge in [0.05, 0.1) is 26.5 Å². The average molecular weight is 456 g/mol. The van der Waals surface area contributed by atoms with E-state index in [0.29, 0.717) is 30.5 Å². The normalized spacial score (nSPS) is 13.5. The zero-order chi connectivity index (χ0) is 22.3. The van der Waals surface area contributed by atoms with Crippen LogP contribution >= 0.6 is 11.9 Å². The Kier molecular flexibility index (Phi) is 7.03. The first-order valence-corrected chi connectivity index (χ1v) is 10.8. The quantitative estimate of drug-likeness (QED) is 0.544. The Hall–Kier alpha value is -3.37. The number of carbonyl (C=O) groups is 1. The number of hydrogen-bond donors (Lipinski definition) is 2. The smallest absolute Gasteiger partial charge is 0.329 e. The number of rotatable bonds is 6. The van der Waals surface area contributed by atoms with E-state index in [1.54, 1.807) is 13.3 Å². The van der Waals surface area contributed by atoms with Gasteiger partial charge in [-0.15, -0.1) is 0 Å². The zero-order valence-electron chi connectivity index (χ0n) is 17.4. The molecule has 0 spiro atoms. The number of aromatic nitrogens is 2. The molecule has 0 radical (unpaired) electrons. The summed E-state index contributed by atoms with van der Waals surface area (Å²) in [5, 5.41) is 2.64. The van der Waals surface area contributed by atoms with Crippen LogP contribution in [-0.2, 0) is 4.74 Å². The molecule has 1 aliphatic heterocycles. The fourth-order valence-electron chi connectivity index (χ4n) is 3.11. The van der Waals surface area contributed by atoms with Crippen molar-refractivity contribution >= 4 is 29.5 Å². The summed E-state index contributed by atoms with van der Waals surface area (Å²) in [7, 11) is 1.60. The lowest BCUT2D eigenvalue weighted by Crippen LogP contribution is -2.37. The molecule has 1 aliphatic rings. The molecule has 4 rings (SSSR count). The van der Waals surface area contributed by atoms with Gasteiger partial charge in [0.2, 0.25) is 0 Å². The summed E-state index contributed by atoms with van der Waals surface area (Å²) in [6, 6.07) is 12.7. The Morgan fingerprint density at radius 3 is 2.53 bits per heavy atom. The van der Waals surface area contributed by atoms with E-state index >= 15 is 0 Å². The topological polar surface area (TPSA) is 88.6 Å². The minimum absolute atomic E-state index is 0.358. The standard InChI is InChI=1S/C22H22FN5O3S/c1-30-19-14-24-20(26-21(19)28-10-12-31-13-11-28)15-2-8-18(9-3-15)32-27-22(29)25-17-6-4-16(23)5-7-17/h2-9,14H,10-13H2,1H3,(H2,25,27,29). The Balaban J connectivity index is 1.39. The summed E-state index contributed by atoms with van der Waals surface area (Å²) < 4.78 is 26.5. The lowest BCUT2D eigenvalue weighted by Gasteiger charge is -2.28. The molecule has 1 aromatic heterocycles. The van der Waals surface area contributed by atoms with Crippen LogP contribution in [0.3, 0.4) is 0 Å². The molecule has 2 N–H and O–H groups in total. The van der Waals surface area contributed by atoms with Crippen LogP contribution < -0.4 is 19.7 Å². The largest absolute Gasteiger partial charge is 0.491 e. The number of hydrogen-bond acceptors (Lipinski definition) is 7. The molecular weight excluding hydrogens is 433 g/mol. The van der Waals surface area contributed by atoms with Gasteiger partial charge in [-0.2, -0.15) is 0 Å². The molecule has 10 heteroatoms. The van der Waals surface area contributed by atoms with Gasteiger partial charge < -0.3 is 19.7 Å². The molecule has 8 nitrogen and oxygen atoms in total. The van der Waals surface area contributed by atoms with Crippen LogP contribution in [0, 0.1) is 5.82 Å². The van der Waals surface area contributed by atoms with Crippen molar-refractivity contribution in [1.29, 1.82) is 0 Å². The lowest BCUT2D eigenvalue weighted by molar-refractivity contribution is 0.122. The van der Waals surface area contributed by atoms with E-state index in [-0.39, 0.29) is 5.82 Å². The number of anilines is 2. The summed E-state index contributed by atoms with van der Waals surface area (Å²) in [5.41, 5.74) is 1.36. The van der Waals surface area contributed by atoms with E-state index in [1.165, 1.54) is 36.2 Å². The van der Waals surface area contributed by atoms with Gasteiger partial charge in [0.25, 0.3) is 0 Å². The Morgan fingerprint density at radius 1 is 1.12 bits per heavy atom. The summed E-state index contributed by atoms with van der Waals surface area (Å²) >= 11 is 1.17. The van der Waals surface area contributed by atoms with Gasteiger partial charge in [0.15, 0.2) is 17.4 Å². The van der Waals surface area contributed by atoms with Crippen LogP contribution in [0.5, 0.6) is 5.75 Å². The highest BCUT2D eigenvalue weighted by atomic mass is 32.2. The van der Waals surface area contributed by atoms with Crippen LogP contribution in [0.25, 0.3) is 11.4 Å². The summed E-state index contributed by atoms with van der Waals surface area (Å²) in [6.07, 6.45) is 1.68.